The summed E-state index contributed by atoms with van der Waals surface area (Å²) >= 11 is 0. The van der Waals surface area contributed by atoms with Crippen molar-refractivity contribution >= 4 is 11.6 Å². The van der Waals surface area contributed by atoms with E-state index < -0.39 is 11.7 Å². The van der Waals surface area contributed by atoms with Crippen LogP contribution in [0.3, 0.4) is 0 Å². The number of rotatable bonds is 3. The molecule has 21 heavy (non-hydrogen) atoms. The standard InChI is InChI=1S/C14H21F3N4/c15-14(16,17)10-8-12(20-13(9-10)21-18)19-11-6-4-2-1-3-5-7-11/h8-9,11H,1-7,18H2,(H2,19,20,21). The molecule has 1 aliphatic carbocycles. The molecular formula is C14H21F3N4. The quantitative estimate of drug-likeness (QED) is 0.585. The Morgan fingerprint density at radius 2 is 1.57 bits per heavy atom. The Morgan fingerprint density at radius 1 is 1.00 bits per heavy atom. The van der Waals surface area contributed by atoms with E-state index in [4.69, 9.17) is 5.84 Å². The number of nitrogens with two attached hydrogens (primary N) is 1. The van der Waals surface area contributed by atoms with Crippen molar-refractivity contribution in [3.05, 3.63) is 17.7 Å². The summed E-state index contributed by atoms with van der Waals surface area (Å²) < 4.78 is 38.6. The maximum absolute atomic E-state index is 12.9. The van der Waals surface area contributed by atoms with E-state index in [1.54, 1.807) is 0 Å². The highest BCUT2D eigenvalue weighted by Crippen LogP contribution is 2.32. The van der Waals surface area contributed by atoms with Gasteiger partial charge in [-0.05, 0) is 25.0 Å². The molecule has 118 valence electrons. The Bertz CT molecular complexity index is 454. The Labute approximate surface area is 122 Å². The molecule has 7 heteroatoms. The van der Waals surface area contributed by atoms with Crippen LogP contribution in [0.5, 0.6) is 0 Å². The van der Waals surface area contributed by atoms with Crippen LogP contribution >= 0.6 is 0 Å². The van der Waals surface area contributed by atoms with Gasteiger partial charge in [0.05, 0.1) is 5.56 Å². The van der Waals surface area contributed by atoms with Gasteiger partial charge in [-0.1, -0.05) is 32.1 Å². The molecule has 0 unspecified atom stereocenters. The van der Waals surface area contributed by atoms with Crippen LogP contribution in [0.15, 0.2) is 12.1 Å². The fourth-order valence-electron chi connectivity index (χ4n) is 2.65. The minimum absolute atomic E-state index is 0.0122. The first-order valence-corrected chi connectivity index (χ1v) is 7.31. The molecule has 1 aromatic rings. The highest BCUT2D eigenvalue weighted by Gasteiger charge is 2.31. The number of aromatic nitrogens is 1. The molecule has 4 N–H and O–H groups in total. The molecule has 0 spiro atoms. The van der Waals surface area contributed by atoms with Gasteiger partial charge in [-0.15, -0.1) is 0 Å². The topological polar surface area (TPSA) is 63.0 Å². The third kappa shape index (κ3) is 4.77. The van der Waals surface area contributed by atoms with E-state index in [0.717, 1.165) is 37.8 Å². The van der Waals surface area contributed by atoms with E-state index in [9.17, 15) is 13.2 Å². The number of nitrogen functional groups attached to an aromatic ring is 1. The molecule has 1 saturated carbocycles. The average Bonchev–Trinajstić information content (AvgIpc) is 2.40. The molecule has 1 heterocycles. The summed E-state index contributed by atoms with van der Waals surface area (Å²) in [5.41, 5.74) is 1.44. The minimum Gasteiger partial charge on any atom is -0.367 e. The molecule has 0 saturated heterocycles. The zero-order chi connectivity index (χ0) is 15.3. The van der Waals surface area contributed by atoms with Crippen LogP contribution in [0.2, 0.25) is 0 Å². The number of pyridine rings is 1. The van der Waals surface area contributed by atoms with Crippen LogP contribution in [-0.4, -0.2) is 11.0 Å². The number of halogens is 3. The van der Waals surface area contributed by atoms with Gasteiger partial charge >= 0.3 is 6.18 Å². The number of anilines is 2. The van der Waals surface area contributed by atoms with Gasteiger partial charge in [0, 0.05) is 6.04 Å². The summed E-state index contributed by atoms with van der Waals surface area (Å²) in [6.07, 6.45) is 3.32. The summed E-state index contributed by atoms with van der Waals surface area (Å²) in [4.78, 5) is 4.07. The first-order valence-electron chi connectivity index (χ1n) is 7.31. The van der Waals surface area contributed by atoms with Crippen LogP contribution in [-0.2, 0) is 6.18 Å². The predicted molar refractivity (Wildman–Crippen MR) is 76.8 cm³/mol. The number of alkyl halides is 3. The molecule has 0 bridgehead atoms. The van der Waals surface area contributed by atoms with E-state index in [0.29, 0.717) is 0 Å². The lowest BCUT2D eigenvalue weighted by molar-refractivity contribution is -0.137. The van der Waals surface area contributed by atoms with E-state index in [2.05, 4.69) is 15.7 Å². The zero-order valence-electron chi connectivity index (χ0n) is 11.8. The number of hydrogen-bond acceptors (Lipinski definition) is 4. The lowest BCUT2D eigenvalue weighted by Crippen LogP contribution is -2.22. The second-order valence-electron chi connectivity index (χ2n) is 5.45. The second-order valence-corrected chi connectivity index (χ2v) is 5.45. The monoisotopic (exact) mass is 302 g/mol. The van der Waals surface area contributed by atoms with Gasteiger partial charge in [0.1, 0.15) is 11.6 Å². The van der Waals surface area contributed by atoms with E-state index in [1.807, 2.05) is 0 Å². The Hall–Kier alpha value is -1.50. The first-order chi connectivity index (χ1) is 9.99. The summed E-state index contributed by atoms with van der Waals surface area (Å²) in [7, 11) is 0. The molecule has 0 aromatic carbocycles. The van der Waals surface area contributed by atoms with Crippen molar-refractivity contribution in [3.63, 3.8) is 0 Å². The number of nitrogens with one attached hydrogen (secondary N) is 2. The lowest BCUT2D eigenvalue weighted by atomic mass is 9.97. The van der Waals surface area contributed by atoms with Crippen molar-refractivity contribution in [2.45, 2.75) is 57.2 Å². The second kappa shape index (κ2) is 6.98. The molecular weight excluding hydrogens is 281 g/mol. The van der Waals surface area contributed by atoms with Gasteiger partial charge in [-0.3, -0.25) is 0 Å². The predicted octanol–water partition coefficient (Wildman–Crippen LogP) is 3.91. The van der Waals surface area contributed by atoms with Crippen LogP contribution < -0.4 is 16.6 Å². The molecule has 1 aliphatic rings. The van der Waals surface area contributed by atoms with Crippen LogP contribution in [0.25, 0.3) is 0 Å². The third-order valence-electron chi connectivity index (χ3n) is 3.76. The molecule has 1 aromatic heterocycles. The van der Waals surface area contributed by atoms with Crippen molar-refractivity contribution in [1.82, 2.24) is 4.98 Å². The summed E-state index contributed by atoms with van der Waals surface area (Å²) in [5.74, 6) is 5.44. The molecule has 0 atom stereocenters. The zero-order valence-corrected chi connectivity index (χ0v) is 11.8. The summed E-state index contributed by atoms with van der Waals surface area (Å²) in [6.45, 7) is 0. The van der Waals surface area contributed by atoms with E-state index >= 15 is 0 Å². The molecule has 0 aliphatic heterocycles. The lowest BCUT2D eigenvalue weighted by Gasteiger charge is -2.22. The summed E-state index contributed by atoms with van der Waals surface area (Å²) in [6, 6.07) is 2.12. The summed E-state index contributed by atoms with van der Waals surface area (Å²) in [5, 5.41) is 3.13. The minimum atomic E-state index is -4.41. The van der Waals surface area contributed by atoms with Crippen molar-refractivity contribution in [3.8, 4) is 0 Å². The van der Waals surface area contributed by atoms with E-state index in [1.165, 1.54) is 19.3 Å². The molecule has 0 amide bonds. The van der Waals surface area contributed by atoms with Gasteiger partial charge in [-0.25, -0.2) is 10.8 Å². The highest BCUT2D eigenvalue weighted by molar-refractivity contribution is 5.49. The normalized spacial score (nSPS) is 17.9. The molecule has 1 fully saturated rings. The van der Waals surface area contributed by atoms with E-state index in [-0.39, 0.29) is 17.7 Å². The van der Waals surface area contributed by atoms with Gasteiger partial charge in [0.2, 0.25) is 0 Å². The third-order valence-corrected chi connectivity index (χ3v) is 3.76. The number of nitrogens with zero attached hydrogens (tertiary/aromatic N) is 1. The fraction of sp³-hybridized carbons (Fsp3) is 0.643. The van der Waals surface area contributed by atoms with Crippen molar-refractivity contribution < 1.29 is 13.2 Å². The first kappa shape index (κ1) is 15.9. The SMILES string of the molecule is NNc1cc(C(F)(F)F)cc(NC2CCCCCCC2)n1. The maximum Gasteiger partial charge on any atom is 0.416 e. The molecule has 0 radical (unpaired) electrons. The van der Waals surface area contributed by atoms with Crippen molar-refractivity contribution in [2.24, 2.45) is 5.84 Å². The maximum atomic E-state index is 12.9. The van der Waals surface area contributed by atoms with Crippen molar-refractivity contribution in [1.29, 1.82) is 0 Å². The van der Waals surface area contributed by atoms with Gasteiger partial charge in [0.15, 0.2) is 0 Å². The Kier molecular flexibility index (Phi) is 5.27. The van der Waals surface area contributed by atoms with Crippen molar-refractivity contribution in [2.75, 3.05) is 10.7 Å². The van der Waals surface area contributed by atoms with Crippen LogP contribution in [0.4, 0.5) is 24.8 Å². The highest BCUT2D eigenvalue weighted by atomic mass is 19.4. The fourth-order valence-corrected chi connectivity index (χ4v) is 2.65. The Morgan fingerprint density at radius 3 is 2.14 bits per heavy atom. The van der Waals surface area contributed by atoms with Gasteiger partial charge in [-0.2, -0.15) is 13.2 Å². The van der Waals surface area contributed by atoms with Gasteiger partial charge in [0.25, 0.3) is 0 Å². The molecule has 4 nitrogen and oxygen atoms in total. The Balaban J connectivity index is 2.14. The number of hydrogen-bond donors (Lipinski definition) is 3. The largest absolute Gasteiger partial charge is 0.416 e. The molecule has 2 rings (SSSR count). The van der Waals surface area contributed by atoms with Gasteiger partial charge < -0.3 is 10.7 Å². The smallest absolute Gasteiger partial charge is 0.367 e. The average molecular weight is 302 g/mol. The van der Waals surface area contributed by atoms with Crippen LogP contribution in [0.1, 0.15) is 50.5 Å². The van der Waals surface area contributed by atoms with Crippen LogP contribution in [0, 0.1) is 0 Å². The number of hydrazine groups is 1.